The molecular weight excluding hydrogens is 422 g/mol. The first-order valence-electron chi connectivity index (χ1n) is 10.2. The minimum absolute atomic E-state index is 0.0584. The number of hydrogen-bond acceptors (Lipinski definition) is 7. The van der Waals surface area contributed by atoms with Gasteiger partial charge in [0, 0.05) is 16.6 Å². The summed E-state index contributed by atoms with van der Waals surface area (Å²) in [6.45, 7) is 8.35. The topological polar surface area (TPSA) is 136 Å². The number of esters is 1. The molecular formula is C24H25N5O4. The third-order valence-electron chi connectivity index (χ3n) is 4.43. The number of benzene rings is 2. The van der Waals surface area contributed by atoms with E-state index in [0.29, 0.717) is 11.3 Å². The van der Waals surface area contributed by atoms with Crippen molar-refractivity contribution in [2.24, 2.45) is 0 Å². The number of nitrogens with zero attached hydrogens (tertiary/aromatic N) is 2. The maximum atomic E-state index is 12.6. The molecule has 0 unspecified atom stereocenters. The van der Waals surface area contributed by atoms with E-state index in [2.05, 4.69) is 27.2 Å². The van der Waals surface area contributed by atoms with E-state index in [9.17, 15) is 14.4 Å². The van der Waals surface area contributed by atoms with Crippen LogP contribution < -0.4 is 16.4 Å². The Kier molecular flexibility index (Phi) is 6.72. The predicted molar refractivity (Wildman–Crippen MR) is 126 cm³/mol. The molecule has 33 heavy (non-hydrogen) atoms. The van der Waals surface area contributed by atoms with E-state index in [0.717, 1.165) is 10.8 Å². The van der Waals surface area contributed by atoms with Gasteiger partial charge in [0.15, 0.2) is 11.5 Å². The molecule has 3 aromatic rings. The molecule has 9 nitrogen and oxygen atoms in total. The monoisotopic (exact) mass is 447 g/mol. The van der Waals surface area contributed by atoms with E-state index >= 15 is 0 Å². The number of ether oxygens (including phenoxy) is 1. The number of fused-ring (bicyclic) bond motifs is 1. The van der Waals surface area contributed by atoms with Crippen molar-refractivity contribution in [3.63, 3.8) is 0 Å². The summed E-state index contributed by atoms with van der Waals surface area (Å²) in [5.74, 6) is -1.27. The van der Waals surface area contributed by atoms with Gasteiger partial charge in [0.25, 0.3) is 5.91 Å². The van der Waals surface area contributed by atoms with E-state index < -0.39 is 17.5 Å². The third-order valence-corrected chi connectivity index (χ3v) is 4.43. The molecule has 1 aromatic heterocycles. The van der Waals surface area contributed by atoms with Gasteiger partial charge in [0.05, 0.1) is 11.9 Å². The first kappa shape index (κ1) is 23.4. The Labute approximate surface area is 191 Å². The lowest BCUT2D eigenvalue weighted by Crippen LogP contribution is -2.35. The lowest BCUT2D eigenvalue weighted by Gasteiger charge is -2.19. The van der Waals surface area contributed by atoms with Gasteiger partial charge < -0.3 is 21.1 Å². The van der Waals surface area contributed by atoms with E-state index in [4.69, 9.17) is 10.5 Å². The molecule has 0 radical (unpaired) electrons. The van der Waals surface area contributed by atoms with Gasteiger partial charge >= 0.3 is 5.97 Å². The fourth-order valence-corrected chi connectivity index (χ4v) is 3.03. The van der Waals surface area contributed by atoms with Crippen LogP contribution in [-0.4, -0.2) is 39.9 Å². The van der Waals surface area contributed by atoms with Crippen LogP contribution in [0.1, 0.15) is 31.3 Å². The molecule has 0 aliphatic rings. The number of nitrogens with two attached hydrogens (primary N) is 1. The Morgan fingerprint density at radius 1 is 1.18 bits per heavy atom. The van der Waals surface area contributed by atoms with Gasteiger partial charge in [-0.15, -0.1) is 0 Å². The van der Waals surface area contributed by atoms with Crippen LogP contribution in [0.3, 0.4) is 0 Å². The summed E-state index contributed by atoms with van der Waals surface area (Å²) in [6.07, 6.45) is 2.52. The summed E-state index contributed by atoms with van der Waals surface area (Å²) in [7, 11) is 0. The summed E-state index contributed by atoms with van der Waals surface area (Å²) in [6, 6.07) is 11.0. The van der Waals surface area contributed by atoms with Gasteiger partial charge in [-0.2, -0.15) is 0 Å². The van der Waals surface area contributed by atoms with Gasteiger partial charge in [-0.05, 0) is 44.4 Å². The maximum Gasteiger partial charge on any atom is 0.325 e. The second kappa shape index (κ2) is 9.47. The highest BCUT2D eigenvalue weighted by Crippen LogP contribution is 2.28. The van der Waals surface area contributed by atoms with Gasteiger partial charge in [0.2, 0.25) is 5.91 Å². The number of hydrogen-bond donors (Lipinski definition) is 3. The number of aromatic nitrogens is 2. The standard InChI is InChI=1S/C24H25N5O4/c1-5-19(30)28-18-8-6-7-14-9-10-15(11-16(14)18)22-26-12-17(25)21(29-22)23(32)27-13-20(31)33-24(2,3)4/h5-12H,1,13,25H2,2-4H3,(H,27,32)(H,28,30). The fourth-order valence-electron chi connectivity index (χ4n) is 3.03. The minimum Gasteiger partial charge on any atom is -0.459 e. The average molecular weight is 447 g/mol. The van der Waals surface area contributed by atoms with Crippen LogP contribution >= 0.6 is 0 Å². The molecule has 170 valence electrons. The summed E-state index contributed by atoms with van der Waals surface area (Å²) in [5, 5.41) is 6.90. The van der Waals surface area contributed by atoms with Crippen molar-refractivity contribution < 1.29 is 19.1 Å². The van der Waals surface area contributed by atoms with Crippen LogP contribution in [0.25, 0.3) is 22.2 Å². The highest BCUT2D eigenvalue weighted by atomic mass is 16.6. The van der Waals surface area contributed by atoms with Crippen molar-refractivity contribution in [2.45, 2.75) is 26.4 Å². The normalized spacial score (nSPS) is 11.0. The molecule has 0 saturated carbocycles. The zero-order valence-electron chi connectivity index (χ0n) is 18.6. The molecule has 0 fully saturated rings. The molecule has 0 atom stereocenters. The van der Waals surface area contributed by atoms with Crippen LogP contribution in [0.15, 0.2) is 55.3 Å². The number of amides is 2. The Morgan fingerprint density at radius 3 is 2.64 bits per heavy atom. The molecule has 2 aromatic carbocycles. The van der Waals surface area contributed by atoms with Gasteiger partial charge in [-0.25, -0.2) is 9.97 Å². The van der Waals surface area contributed by atoms with Crippen molar-refractivity contribution >= 4 is 39.9 Å². The smallest absolute Gasteiger partial charge is 0.325 e. The SMILES string of the molecule is C=CC(=O)Nc1cccc2ccc(-c3ncc(N)c(C(=O)NCC(=O)OC(C)(C)C)n3)cc12. The van der Waals surface area contributed by atoms with Crippen LogP contribution in [0.5, 0.6) is 0 Å². The molecule has 0 bridgehead atoms. The summed E-state index contributed by atoms with van der Waals surface area (Å²) in [5.41, 5.74) is 6.47. The molecule has 2 amide bonds. The number of rotatable bonds is 6. The van der Waals surface area contributed by atoms with Crippen LogP contribution in [-0.2, 0) is 14.3 Å². The zero-order chi connectivity index (χ0) is 24.2. The molecule has 0 aliphatic heterocycles. The lowest BCUT2D eigenvalue weighted by atomic mass is 10.0. The van der Waals surface area contributed by atoms with Crippen molar-refractivity contribution in [3.8, 4) is 11.4 Å². The molecule has 0 aliphatic carbocycles. The lowest BCUT2D eigenvalue weighted by molar-refractivity contribution is -0.153. The van der Waals surface area contributed by atoms with Crippen LogP contribution in [0.2, 0.25) is 0 Å². The van der Waals surface area contributed by atoms with Crippen LogP contribution in [0, 0.1) is 0 Å². The second-order valence-electron chi connectivity index (χ2n) is 8.20. The fraction of sp³-hybridized carbons (Fsp3) is 0.208. The predicted octanol–water partition coefficient (Wildman–Crippen LogP) is 3.08. The Balaban J connectivity index is 1.88. The number of anilines is 2. The molecule has 9 heteroatoms. The molecule has 4 N–H and O–H groups in total. The number of carbonyl (C=O) groups is 3. The first-order valence-corrected chi connectivity index (χ1v) is 10.2. The Bertz CT molecular complexity index is 1250. The van der Waals surface area contributed by atoms with E-state index in [1.165, 1.54) is 12.3 Å². The zero-order valence-corrected chi connectivity index (χ0v) is 18.6. The number of nitrogen functional groups attached to an aromatic ring is 1. The van der Waals surface area contributed by atoms with E-state index in [1.807, 2.05) is 24.3 Å². The van der Waals surface area contributed by atoms with Crippen molar-refractivity contribution in [1.29, 1.82) is 0 Å². The molecule has 3 rings (SSSR count). The molecule has 0 spiro atoms. The summed E-state index contributed by atoms with van der Waals surface area (Å²) < 4.78 is 5.18. The van der Waals surface area contributed by atoms with Crippen molar-refractivity contribution in [1.82, 2.24) is 15.3 Å². The quantitative estimate of drug-likeness (QED) is 0.390. The maximum absolute atomic E-state index is 12.6. The third kappa shape index (κ3) is 5.91. The average Bonchev–Trinajstić information content (AvgIpc) is 2.76. The van der Waals surface area contributed by atoms with Gasteiger partial charge in [0.1, 0.15) is 12.1 Å². The largest absolute Gasteiger partial charge is 0.459 e. The summed E-state index contributed by atoms with van der Waals surface area (Å²) in [4.78, 5) is 44.8. The van der Waals surface area contributed by atoms with Crippen molar-refractivity contribution in [3.05, 3.63) is 60.9 Å². The second-order valence-corrected chi connectivity index (χ2v) is 8.20. The van der Waals surface area contributed by atoms with Gasteiger partial charge in [-0.1, -0.05) is 30.8 Å². The minimum atomic E-state index is -0.664. The van der Waals surface area contributed by atoms with E-state index in [-0.39, 0.29) is 29.7 Å². The number of carbonyl (C=O) groups excluding carboxylic acids is 3. The van der Waals surface area contributed by atoms with Crippen molar-refractivity contribution in [2.75, 3.05) is 17.6 Å². The van der Waals surface area contributed by atoms with Crippen LogP contribution in [0.4, 0.5) is 11.4 Å². The Morgan fingerprint density at radius 2 is 1.94 bits per heavy atom. The Hall–Kier alpha value is -4.27. The molecule has 1 heterocycles. The molecule has 0 saturated heterocycles. The highest BCUT2D eigenvalue weighted by molar-refractivity contribution is 6.06. The number of nitrogens with one attached hydrogen (secondary N) is 2. The van der Waals surface area contributed by atoms with E-state index in [1.54, 1.807) is 32.9 Å². The first-order chi connectivity index (χ1) is 15.6. The highest BCUT2D eigenvalue weighted by Gasteiger charge is 2.19. The summed E-state index contributed by atoms with van der Waals surface area (Å²) >= 11 is 0. The van der Waals surface area contributed by atoms with Gasteiger partial charge in [-0.3, -0.25) is 14.4 Å².